The lowest BCUT2D eigenvalue weighted by Crippen LogP contribution is -2.17. The first-order chi connectivity index (χ1) is 6.51. The molecule has 0 saturated heterocycles. The van der Waals surface area contributed by atoms with Gasteiger partial charge in [0.05, 0.1) is 0 Å². The summed E-state index contributed by atoms with van der Waals surface area (Å²) in [4.78, 5) is 10.1. The number of carbonyl (C=O) groups excluding carboxylic acids is 1. The van der Waals surface area contributed by atoms with Crippen molar-refractivity contribution in [3.63, 3.8) is 0 Å². The zero-order chi connectivity index (χ0) is 10.6. The maximum absolute atomic E-state index is 11.7. The van der Waals surface area contributed by atoms with Crippen LogP contribution in [0.4, 0.5) is 13.2 Å². The Bertz CT molecular complexity index is 303. The minimum absolute atomic E-state index is 0.187. The van der Waals surface area contributed by atoms with Crippen molar-refractivity contribution >= 4 is 6.29 Å². The van der Waals surface area contributed by atoms with Crippen LogP contribution in [0.5, 0.6) is 5.75 Å². The van der Waals surface area contributed by atoms with Gasteiger partial charge in [0.1, 0.15) is 12.0 Å². The lowest BCUT2D eigenvalue weighted by Gasteiger charge is -2.08. The molecule has 5 heteroatoms. The predicted octanol–water partition coefficient (Wildman–Crippen LogP) is 2.33. The molecule has 0 spiro atoms. The number of carbonyl (C=O) groups is 1. The van der Waals surface area contributed by atoms with Gasteiger partial charge in [-0.1, -0.05) is 12.1 Å². The van der Waals surface area contributed by atoms with Crippen molar-refractivity contribution in [2.24, 2.45) is 0 Å². The number of benzene rings is 1. The first kappa shape index (κ1) is 10.6. The summed E-state index contributed by atoms with van der Waals surface area (Å²) < 4.78 is 38.8. The fourth-order valence-electron chi connectivity index (χ4n) is 0.923. The number of aldehydes is 1. The molecule has 0 aliphatic heterocycles. The molecule has 0 atom stereocenters. The van der Waals surface area contributed by atoms with Gasteiger partial charge in [0, 0.05) is 6.42 Å². The minimum atomic E-state index is -4.67. The van der Waals surface area contributed by atoms with Crippen LogP contribution in [0.2, 0.25) is 0 Å². The Morgan fingerprint density at radius 1 is 1.21 bits per heavy atom. The Balaban J connectivity index is 2.68. The second-order valence-electron chi connectivity index (χ2n) is 2.56. The fraction of sp³-hybridized carbons (Fsp3) is 0.222. The molecule has 1 aromatic carbocycles. The summed E-state index contributed by atoms with van der Waals surface area (Å²) in [7, 11) is 0. The standard InChI is InChI=1S/C9H7F3O2/c10-9(11,12)14-8-3-1-7(2-4-8)5-6-13/h1-4,6H,5H2. The molecule has 0 fully saturated rings. The molecule has 0 aromatic heterocycles. The van der Waals surface area contributed by atoms with E-state index in [1.165, 1.54) is 24.3 Å². The number of ether oxygens (including phenoxy) is 1. The average molecular weight is 204 g/mol. The Kier molecular flexibility index (Phi) is 3.11. The zero-order valence-corrected chi connectivity index (χ0v) is 7.04. The van der Waals surface area contributed by atoms with E-state index in [1.54, 1.807) is 0 Å². The number of hydrogen-bond acceptors (Lipinski definition) is 2. The van der Waals surface area contributed by atoms with Gasteiger partial charge in [-0.2, -0.15) is 0 Å². The van der Waals surface area contributed by atoms with E-state index in [1.807, 2.05) is 0 Å². The summed E-state index contributed by atoms with van der Waals surface area (Å²) >= 11 is 0. The van der Waals surface area contributed by atoms with E-state index < -0.39 is 6.36 Å². The minimum Gasteiger partial charge on any atom is -0.406 e. The van der Waals surface area contributed by atoms with Gasteiger partial charge in [-0.15, -0.1) is 13.2 Å². The number of halogens is 3. The molecule has 0 saturated carbocycles. The van der Waals surface area contributed by atoms with Crippen LogP contribution in [0.15, 0.2) is 24.3 Å². The highest BCUT2D eigenvalue weighted by atomic mass is 19.4. The van der Waals surface area contributed by atoms with Gasteiger partial charge < -0.3 is 9.53 Å². The summed E-state index contributed by atoms with van der Waals surface area (Å²) in [6.45, 7) is 0. The van der Waals surface area contributed by atoms with Crippen LogP contribution in [0.25, 0.3) is 0 Å². The molecule has 0 amide bonds. The number of rotatable bonds is 3. The second-order valence-corrected chi connectivity index (χ2v) is 2.56. The van der Waals surface area contributed by atoms with E-state index in [4.69, 9.17) is 0 Å². The van der Waals surface area contributed by atoms with Crippen molar-refractivity contribution < 1.29 is 22.7 Å². The second kappa shape index (κ2) is 4.13. The van der Waals surface area contributed by atoms with E-state index in [-0.39, 0.29) is 12.2 Å². The fourth-order valence-corrected chi connectivity index (χ4v) is 0.923. The van der Waals surface area contributed by atoms with Gasteiger partial charge in [0.2, 0.25) is 0 Å². The van der Waals surface area contributed by atoms with Gasteiger partial charge in [-0.3, -0.25) is 0 Å². The average Bonchev–Trinajstić information content (AvgIpc) is 2.06. The van der Waals surface area contributed by atoms with Crippen molar-refractivity contribution in [1.82, 2.24) is 0 Å². The Morgan fingerprint density at radius 2 is 1.79 bits per heavy atom. The molecule has 0 heterocycles. The molecule has 0 aliphatic carbocycles. The SMILES string of the molecule is O=CCc1ccc(OC(F)(F)F)cc1. The van der Waals surface area contributed by atoms with Crippen molar-refractivity contribution in [3.05, 3.63) is 29.8 Å². The molecule has 1 rings (SSSR count). The molecule has 2 nitrogen and oxygen atoms in total. The van der Waals surface area contributed by atoms with Crippen molar-refractivity contribution in [2.45, 2.75) is 12.8 Å². The van der Waals surface area contributed by atoms with Crippen LogP contribution in [0.3, 0.4) is 0 Å². The summed E-state index contributed by atoms with van der Waals surface area (Å²) in [5.74, 6) is -0.285. The highest BCUT2D eigenvalue weighted by molar-refractivity contribution is 5.55. The van der Waals surface area contributed by atoms with Crippen molar-refractivity contribution in [3.8, 4) is 5.75 Å². The Morgan fingerprint density at radius 3 is 2.21 bits per heavy atom. The van der Waals surface area contributed by atoms with E-state index in [0.29, 0.717) is 11.8 Å². The topological polar surface area (TPSA) is 26.3 Å². The molecule has 14 heavy (non-hydrogen) atoms. The Labute approximate surface area is 78.3 Å². The van der Waals surface area contributed by atoms with Crippen molar-refractivity contribution in [1.29, 1.82) is 0 Å². The summed E-state index contributed by atoms with van der Waals surface area (Å²) in [6.07, 6.45) is -3.81. The molecular weight excluding hydrogens is 197 g/mol. The molecule has 0 radical (unpaired) electrons. The first-order valence-corrected chi connectivity index (χ1v) is 3.79. The molecule has 76 valence electrons. The molecule has 1 aromatic rings. The van der Waals surface area contributed by atoms with Gasteiger partial charge in [-0.25, -0.2) is 0 Å². The van der Waals surface area contributed by atoms with Gasteiger partial charge in [-0.05, 0) is 17.7 Å². The number of hydrogen-bond donors (Lipinski definition) is 0. The lowest BCUT2D eigenvalue weighted by atomic mass is 10.2. The Hall–Kier alpha value is -1.52. The summed E-state index contributed by atoms with van der Waals surface area (Å²) in [6, 6.07) is 5.17. The molecule has 0 aliphatic rings. The van der Waals surface area contributed by atoms with Crippen LogP contribution < -0.4 is 4.74 Å². The quantitative estimate of drug-likeness (QED) is 0.706. The predicted molar refractivity (Wildman–Crippen MR) is 42.9 cm³/mol. The van der Waals surface area contributed by atoms with E-state index in [9.17, 15) is 18.0 Å². The molecule has 0 N–H and O–H groups in total. The first-order valence-electron chi connectivity index (χ1n) is 3.79. The van der Waals surface area contributed by atoms with Crippen LogP contribution in [-0.4, -0.2) is 12.6 Å². The van der Waals surface area contributed by atoms with Crippen LogP contribution in [0.1, 0.15) is 5.56 Å². The summed E-state index contributed by atoms with van der Waals surface area (Å²) in [5, 5.41) is 0. The largest absolute Gasteiger partial charge is 0.573 e. The maximum atomic E-state index is 11.7. The van der Waals surface area contributed by atoms with Crippen LogP contribution in [0, 0.1) is 0 Å². The van der Waals surface area contributed by atoms with Crippen LogP contribution in [-0.2, 0) is 11.2 Å². The third-order valence-electron chi connectivity index (χ3n) is 1.48. The highest BCUT2D eigenvalue weighted by Gasteiger charge is 2.30. The number of alkyl halides is 3. The smallest absolute Gasteiger partial charge is 0.406 e. The van der Waals surface area contributed by atoms with Crippen molar-refractivity contribution in [2.75, 3.05) is 0 Å². The third kappa shape index (κ3) is 3.47. The molecular formula is C9H7F3O2. The third-order valence-corrected chi connectivity index (χ3v) is 1.48. The van der Waals surface area contributed by atoms with Gasteiger partial charge in [0.15, 0.2) is 0 Å². The van der Waals surface area contributed by atoms with E-state index in [0.717, 1.165) is 0 Å². The zero-order valence-electron chi connectivity index (χ0n) is 7.04. The highest BCUT2D eigenvalue weighted by Crippen LogP contribution is 2.22. The molecule has 0 unspecified atom stereocenters. The van der Waals surface area contributed by atoms with Gasteiger partial charge >= 0.3 is 6.36 Å². The van der Waals surface area contributed by atoms with E-state index >= 15 is 0 Å². The van der Waals surface area contributed by atoms with Gasteiger partial charge in [0.25, 0.3) is 0 Å². The molecule has 0 bridgehead atoms. The monoisotopic (exact) mass is 204 g/mol. The van der Waals surface area contributed by atoms with E-state index in [2.05, 4.69) is 4.74 Å². The summed E-state index contributed by atoms with van der Waals surface area (Å²) in [5.41, 5.74) is 0.648. The normalized spacial score (nSPS) is 11.1. The lowest BCUT2D eigenvalue weighted by molar-refractivity contribution is -0.274. The maximum Gasteiger partial charge on any atom is 0.573 e. The van der Waals surface area contributed by atoms with Crippen LogP contribution >= 0.6 is 0 Å².